The minimum absolute atomic E-state index is 0.193. The van der Waals surface area contributed by atoms with Gasteiger partial charge < -0.3 is 5.32 Å². The minimum Gasteiger partial charge on any atom is -0.308 e. The lowest BCUT2D eigenvalue weighted by Gasteiger charge is -2.03. The van der Waals surface area contributed by atoms with Gasteiger partial charge in [0, 0.05) is 6.04 Å². The van der Waals surface area contributed by atoms with Gasteiger partial charge in [-0.05, 0) is 25.3 Å². The fourth-order valence-electron chi connectivity index (χ4n) is 1.37. The highest BCUT2D eigenvalue weighted by atomic mass is 16.1. The van der Waals surface area contributed by atoms with E-state index in [1.807, 2.05) is 41.5 Å². The van der Waals surface area contributed by atoms with E-state index in [1.165, 1.54) is 24.8 Å². The number of ketones is 1. The maximum atomic E-state index is 10.3. The number of benzene rings is 1. The van der Waals surface area contributed by atoms with Gasteiger partial charge >= 0.3 is 0 Å². The zero-order valence-corrected chi connectivity index (χ0v) is 16.2. The maximum absolute atomic E-state index is 10.3. The second kappa shape index (κ2) is 22.1. The highest BCUT2D eigenvalue weighted by molar-refractivity contribution is 5.77. The molecule has 0 aliphatic rings. The summed E-state index contributed by atoms with van der Waals surface area (Å²) >= 11 is 0. The third kappa shape index (κ3) is 23.9. The van der Waals surface area contributed by atoms with Gasteiger partial charge in [0.05, 0.1) is 6.54 Å². The molecule has 0 radical (unpaired) electrons. The molecule has 0 aromatic heterocycles. The molecule has 22 heavy (non-hydrogen) atoms. The lowest BCUT2D eigenvalue weighted by atomic mass is 10.1. The standard InChI is InChI=1S/C10H14.C6H13NO.2C2H6/c1-2-3-7-10-8-5-4-6-9-10;1-5(2)7-4-6(3)8;2*1-2/h4-6,8-9H,2-3,7H2,1H3;5,7H,4H2,1-3H3;2*1-2H3. The Bertz CT molecular complexity index is 307. The highest BCUT2D eigenvalue weighted by Gasteiger charge is 1.92. The van der Waals surface area contributed by atoms with Crippen LogP contribution in [-0.2, 0) is 11.2 Å². The number of aryl methyl sites for hydroxylation is 1. The van der Waals surface area contributed by atoms with E-state index in [9.17, 15) is 4.79 Å². The van der Waals surface area contributed by atoms with Crippen LogP contribution >= 0.6 is 0 Å². The third-order valence-electron chi connectivity index (χ3n) is 2.42. The van der Waals surface area contributed by atoms with Crippen molar-refractivity contribution < 1.29 is 4.79 Å². The van der Waals surface area contributed by atoms with Gasteiger partial charge in [-0.2, -0.15) is 0 Å². The molecule has 1 aromatic rings. The molecular formula is C20H39NO. The van der Waals surface area contributed by atoms with E-state index in [0.29, 0.717) is 12.6 Å². The van der Waals surface area contributed by atoms with Gasteiger partial charge in [-0.15, -0.1) is 0 Å². The molecule has 0 heterocycles. The number of carbonyl (C=O) groups is 1. The predicted molar refractivity (Wildman–Crippen MR) is 102 cm³/mol. The smallest absolute Gasteiger partial charge is 0.143 e. The first-order valence-electron chi connectivity index (χ1n) is 8.83. The van der Waals surface area contributed by atoms with Crippen molar-refractivity contribution in [3.63, 3.8) is 0 Å². The average molecular weight is 310 g/mol. The first-order valence-corrected chi connectivity index (χ1v) is 8.83. The summed E-state index contributed by atoms with van der Waals surface area (Å²) < 4.78 is 0. The molecule has 0 saturated carbocycles. The first kappa shape index (κ1) is 25.8. The van der Waals surface area contributed by atoms with Crippen LogP contribution in [0.15, 0.2) is 30.3 Å². The molecule has 0 fully saturated rings. The lowest BCUT2D eigenvalue weighted by molar-refractivity contribution is -0.116. The molecule has 0 unspecified atom stereocenters. The summed E-state index contributed by atoms with van der Waals surface area (Å²) in [6.07, 6.45) is 3.83. The molecule has 0 aliphatic heterocycles. The number of hydrogen-bond donors (Lipinski definition) is 1. The molecule has 0 bridgehead atoms. The summed E-state index contributed by atoms with van der Waals surface area (Å²) in [5, 5.41) is 3.00. The molecule has 0 amide bonds. The summed E-state index contributed by atoms with van der Waals surface area (Å²) in [6, 6.07) is 11.1. The molecule has 1 rings (SSSR count). The van der Waals surface area contributed by atoms with Gasteiger partial charge in [-0.1, -0.05) is 85.2 Å². The van der Waals surface area contributed by atoms with Gasteiger partial charge in [0.1, 0.15) is 5.78 Å². The van der Waals surface area contributed by atoms with Crippen molar-refractivity contribution in [3.05, 3.63) is 35.9 Å². The Kier molecular flexibility index (Phi) is 25.9. The monoisotopic (exact) mass is 309 g/mol. The van der Waals surface area contributed by atoms with Crippen LogP contribution in [0.3, 0.4) is 0 Å². The van der Waals surface area contributed by atoms with Crippen LogP contribution in [0.5, 0.6) is 0 Å². The van der Waals surface area contributed by atoms with Crippen LogP contribution in [0.25, 0.3) is 0 Å². The minimum atomic E-state index is 0.193. The molecule has 0 atom stereocenters. The van der Waals surface area contributed by atoms with E-state index in [2.05, 4.69) is 42.6 Å². The SMILES string of the molecule is CC.CC.CC(=O)CNC(C)C.CCCCc1ccccc1. The van der Waals surface area contributed by atoms with Crippen molar-refractivity contribution in [2.24, 2.45) is 0 Å². The number of hydrogen-bond acceptors (Lipinski definition) is 2. The van der Waals surface area contributed by atoms with Crippen molar-refractivity contribution in [1.82, 2.24) is 5.32 Å². The number of rotatable bonds is 6. The second-order valence-electron chi connectivity index (χ2n) is 4.83. The van der Waals surface area contributed by atoms with Crippen molar-refractivity contribution >= 4 is 5.78 Å². The summed E-state index contributed by atoms with van der Waals surface area (Å²) in [7, 11) is 0. The van der Waals surface area contributed by atoms with Gasteiger partial charge in [-0.3, -0.25) is 4.79 Å². The number of unbranched alkanes of at least 4 members (excludes halogenated alkanes) is 1. The van der Waals surface area contributed by atoms with Crippen LogP contribution in [0.4, 0.5) is 0 Å². The fourth-order valence-corrected chi connectivity index (χ4v) is 1.37. The molecule has 130 valence electrons. The Morgan fingerprint density at radius 2 is 1.55 bits per heavy atom. The van der Waals surface area contributed by atoms with Crippen LogP contribution in [0, 0.1) is 0 Å². The van der Waals surface area contributed by atoms with Crippen molar-refractivity contribution in [2.45, 2.75) is 80.7 Å². The fraction of sp³-hybridized carbons (Fsp3) is 0.650. The average Bonchev–Trinajstić information content (AvgIpc) is 2.56. The Balaban J connectivity index is -0.000000272. The van der Waals surface area contributed by atoms with E-state index in [-0.39, 0.29) is 5.78 Å². The van der Waals surface area contributed by atoms with Crippen LogP contribution in [0.2, 0.25) is 0 Å². The molecule has 1 aromatic carbocycles. The molecule has 1 N–H and O–H groups in total. The Morgan fingerprint density at radius 3 is 1.86 bits per heavy atom. The summed E-state index contributed by atoms with van der Waals surface area (Å²) in [4.78, 5) is 10.3. The van der Waals surface area contributed by atoms with E-state index in [1.54, 1.807) is 6.92 Å². The van der Waals surface area contributed by atoms with Gasteiger partial charge in [-0.25, -0.2) is 0 Å². The second-order valence-corrected chi connectivity index (χ2v) is 4.83. The normalized spacial score (nSPS) is 8.59. The lowest BCUT2D eigenvalue weighted by Crippen LogP contribution is -2.27. The zero-order chi connectivity index (χ0) is 17.8. The number of nitrogens with one attached hydrogen (secondary N) is 1. The molecule has 0 aliphatic carbocycles. The van der Waals surface area contributed by atoms with E-state index < -0.39 is 0 Å². The van der Waals surface area contributed by atoms with Crippen LogP contribution < -0.4 is 5.32 Å². The molecule has 0 spiro atoms. The van der Waals surface area contributed by atoms with Gasteiger partial charge in [0.25, 0.3) is 0 Å². The van der Waals surface area contributed by atoms with Crippen LogP contribution in [-0.4, -0.2) is 18.4 Å². The van der Waals surface area contributed by atoms with E-state index >= 15 is 0 Å². The molecule has 0 saturated heterocycles. The van der Waals surface area contributed by atoms with Crippen molar-refractivity contribution in [2.75, 3.05) is 6.54 Å². The maximum Gasteiger partial charge on any atom is 0.143 e. The highest BCUT2D eigenvalue weighted by Crippen LogP contribution is 2.03. The largest absolute Gasteiger partial charge is 0.308 e. The summed E-state index contributed by atoms with van der Waals surface area (Å²) in [5.41, 5.74) is 1.46. The van der Waals surface area contributed by atoms with Gasteiger partial charge in [0.15, 0.2) is 0 Å². The van der Waals surface area contributed by atoms with Crippen LogP contribution in [0.1, 0.15) is 73.8 Å². The van der Waals surface area contributed by atoms with Crippen molar-refractivity contribution in [1.29, 1.82) is 0 Å². The summed E-state index contributed by atoms with van der Waals surface area (Å²) in [5.74, 6) is 0.193. The van der Waals surface area contributed by atoms with Crippen molar-refractivity contribution in [3.8, 4) is 0 Å². The third-order valence-corrected chi connectivity index (χ3v) is 2.42. The first-order chi connectivity index (χ1) is 10.6. The Morgan fingerprint density at radius 1 is 1.05 bits per heavy atom. The predicted octanol–water partition coefficient (Wildman–Crippen LogP) is 5.66. The molecule has 2 nitrogen and oxygen atoms in total. The molecular weight excluding hydrogens is 270 g/mol. The zero-order valence-electron chi connectivity index (χ0n) is 16.2. The topological polar surface area (TPSA) is 29.1 Å². The quantitative estimate of drug-likeness (QED) is 0.735. The Hall–Kier alpha value is -1.15. The Labute approximate surface area is 139 Å². The summed E-state index contributed by atoms with van der Waals surface area (Å²) in [6.45, 7) is 16.3. The molecule has 2 heteroatoms. The number of Topliss-reactive ketones (excluding diaryl/α,β-unsaturated/α-hetero) is 1. The van der Waals surface area contributed by atoms with Gasteiger partial charge in [0.2, 0.25) is 0 Å². The van der Waals surface area contributed by atoms with E-state index in [4.69, 9.17) is 0 Å². The van der Waals surface area contributed by atoms with E-state index in [0.717, 1.165) is 0 Å². The number of carbonyl (C=O) groups excluding carboxylic acids is 1.